The molecule has 0 radical (unpaired) electrons. The normalized spacial score (nSPS) is 16.4. The Morgan fingerprint density at radius 3 is 2.25 bits per heavy atom. The first kappa shape index (κ1) is 15.8. The summed E-state index contributed by atoms with van der Waals surface area (Å²) >= 11 is 0. The number of nitrogens with one attached hydrogen (secondary N) is 1. The molecule has 0 rings (SSSR count). The van der Waals surface area contributed by atoms with E-state index in [2.05, 4.69) is 5.32 Å². The van der Waals surface area contributed by atoms with Gasteiger partial charge in [-0.15, -0.1) is 0 Å². The standard InChI is InChI=1S/C9H21NO5S/c1-7(2)3-8(5-11)10-4-9(12)6-16(13,14)15/h7-12H,3-6H2,1-2H3,(H,13,14,15). The minimum atomic E-state index is -4.15. The van der Waals surface area contributed by atoms with Crippen molar-refractivity contribution in [2.24, 2.45) is 5.92 Å². The molecule has 2 atom stereocenters. The topological polar surface area (TPSA) is 107 Å². The number of aliphatic hydroxyl groups excluding tert-OH is 2. The van der Waals surface area contributed by atoms with Gasteiger partial charge >= 0.3 is 0 Å². The number of hydrogen-bond acceptors (Lipinski definition) is 5. The molecular formula is C9H21NO5S. The van der Waals surface area contributed by atoms with Gasteiger partial charge in [-0.3, -0.25) is 4.55 Å². The van der Waals surface area contributed by atoms with Crippen LogP contribution in [0.3, 0.4) is 0 Å². The summed E-state index contributed by atoms with van der Waals surface area (Å²) in [4.78, 5) is 0. The lowest BCUT2D eigenvalue weighted by molar-refractivity contribution is 0.166. The van der Waals surface area contributed by atoms with Crippen LogP contribution in [0.4, 0.5) is 0 Å². The highest BCUT2D eigenvalue weighted by atomic mass is 32.2. The summed E-state index contributed by atoms with van der Waals surface area (Å²) < 4.78 is 29.4. The Balaban J connectivity index is 3.92. The molecule has 0 aromatic carbocycles. The van der Waals surface area contributed by atoms with E-state index in [0.29, 0.717) is 5.92 Å². The fraction of sp³-hybridized carbons (Fsp3) is 1.00. The average Bonchev–Trinajstić information content (AvgIpc) is 2.08. The van der Waals surface area contributed by atoms with Crippen molar-refractivity contribution in [1.82, 2.24) is 5.32 Å². The van der Waals surface area contributed by atoms with E-state index in [4.69, 9.17) is 9.66 Å². The van der Waals surface area contributed by atoms with Gasteiger partial charge in [0.05, 0.1) is 12.7 Å². The lowest BCUT2D eigenvalue weighted by atomic mass is 10.0. The zero-order valence-electron chi connectivity index (χ0n) is 9.63. The molecule has 0 aliphatic rings. The summed E-state index contributed by atoms with van der Waals surface area (Å²) in [7, 11) is -4.15. The van der Waals surface area contributed by atoms with Crippen molar-refractivity contribution in [3.63, 3.8) is 0 Å². The predicted molar refractivity (Wildman–Crippen MR) is 60.8 cm³/mol. The molecule has 0 aliphatic heterocycles. The third kappa shape index (κ3) is 9.05. The van der Waals surface area contributed by atoms with Crippen LogP contribution in [0.5, 0.6) is 0 Å². The Kier molecular flexibility index (Phi) is 7.09. The summed E-state index contributed by atoms with van der Waals surface area (Å²) in [5.74, 6) is -0.303. The van der Waals surface area contributed by atoms with Crippen LogP contribution in [0, 0.1) is 5.92 Å². The fourth-order valence-electron chi connectivity index (χ4n) is 1.40. The first-order valence-electron chi connectivity index (χ1n) is 5.22. The van der Waals surface area contributed by atoms with Crippen molar-refractivity contribution >= 4 is 10.1 Å². The van der Waals surface area contributed by atoms with Crippen molar-refractivity contribution in [3.8, 4) is 0 Å². The third-order valence-electron chi connectivity index (χ3n) is 2.02. The van der Waals surface area contributed by atoms with Gasteiger partial charge in [0.25, 0.3) is 10.1 Å². The highest BCUT2D eigenvalue weighted by molar-refractivity contribution is 7.85. The Labute approximate surface area is 96.4 Å². The Morgan fingerprint density at radius 1 is 1.31 bits per heavy atom. The van der Waals surface area contributed by atoms with E-state index >= 15 is 0 Å². The summed E-state index contributed by atoms with van der Waals surface area (Å²) in [6.45, 7) is 3.95. The van der Waals surface area contributed by atoms with Gasteiger partial charge in [0.15, 0.2) is 0 Å². The van der Waals surface area contributed by atoms with E-state index in [1.165, 1.54) is 0 Å². The van der Waals surface area contributed by atoms with Gasteiger partial charge in [-0.1, -0.05) is 13.8 Å². The van der Waals surface area contributed by atoms with Crippen LogP contribution >= 0.6 is 0 Å². The molecule has 6 nitrogen and oxygen atoms in total. The fourth-order valence-corrected chi connectivity index (χ4v) is 2.00. The molecule has 0 fully saturated rings. The van der Waals surface area contributed by atoms with E-state index in [-0.39, 0.29) is 19.2 Å². The highest BCUT2D eigenvalue weighted by Crippen LogP contribution is 2.04. The minimum absolute atomic E-state index is 0.0255. The van der Waals surface area contributed by atoms with Gasteiger partial charge < -0.3 is 15.5 Å². The summed E-state index contributed by atoms with van der Waals surface area (Å²) in [5.41, 5.74) is 0. The van der Waals surface area contributed by atoms with E-state index in [1.807, 2.05) is 13.8 Å². The molecular weight excluding hydrogens is 234 g/mol. The second-order valence-corrected chi connectivity index (χ2v) is 5.82. The van der Waals surface area contributed by atoms with Crippen LogP contribution in [0.2, 0.25) is 0 Å². The largest absolute Gasteiger partial charge is 0.395 e. The number of rotatable bonds is 8. The molecule has 0 spiro atoms. The van der Waals surface area contributed by atoms with Crippen molar-refractivity contribution < 1.29 is 23.2 Å². The zero-order valence-corrected chi connectivity index (χ0v) is 10.4. The molecule has 0 saturated carbocycles. The lowest BCUT2D eigenvalue weighted by Gasteiger charge is -2.19. The SMILES string of the molecule is CC(C)CC(CO)NCC(O)CS(=O)(=O)O. The van der Waals surface area contributed by atoms with Gasteiger partial charge in [0, 0.05) is 12.6 Å². The highest BCUT2D eigenvalue weighted by Gasteiger charge is 2.16. The maximum Gasteiger partial charge on any atom is 0.267 e. The van der Waals surface area contributed by atoms with Gasteiger partial charge in [0.2, 0.25) is 0 Å². The quantitative estimate of drug-likeness (QED) is 0.424. The van der Waals surface area contributed by atoms with Crippen LogP contribution < -0.4 is 5.32 Å². The van der Waals surface area contributed by atoms with Crippen molar-refractivity contribution in [1.29, 1.82) is 0 Å². The first-order chi connectivity index (χ1) is 7.24. The number of aliphatic hydroxyl groups is 2. The van der Waals surface area contributed by atoms with Crippen molar-refractivity contribution in [3.05, 3.63) is 0 Å². The van der Waals surface area contributed by atoms with Crippen LogP contribution in [0.1, 0.15) is 20.3 Å². The molecule has 0 aromatic heterocycles. The van der Waals surface area contributed by atoms with Crippen LogP contribution in [0.15, 0.2) is 0 Å². The van der Waals surface area contributed by atoms with E-state index in [1.54, 1.807) is 0 Å². The average molecular weight is 255 g/mol. The molecule has 0 heterocycles. The monoisotopic (exact) mass is 255 g/mol. The lowest BCUT2D eigenvalue weighted by Crippen LogP contribution is -2.40. The Morgan fingerprint density at radius 2 is 1.88 bits per heavy atom. The van der Waals surface area contributed by atoms with Crippen LogP contribution in [-0.2, 0) is 10.1 Å². The van der Waals surface area contributed by atoms with Crippen molar-refractivity contribution in [2.75, 3.05) is 18.9 Å². The van der Waals surface area contributed by atoms with E-state index in [0.717, 1.165) is 6.42 Å². The minimum Gasteiger partial charge on any atom is -0.395 e. The summed E-state index contributed by atoms with van der Waals surface area (Å²) in [5, 5.41) is 21.1. The third-order valence-corrected chi connectivity index (χ3v) is 2.83. The van der Waals surface area contributed by atoms with Crippen molar-refractivity contribution in [2.45, 2.75) is 32.4 Å². The maximum absolute atomic E-state index is 10.5. The maximum atomic E-state index is 10.5. The molecule has 0 amide bonds. The zero-order chi connectivity index (χ0) is 12.8. The van der Waals surface area contributed by atoms with Gasteiger partial charge in [-0.2, -0.15) is 8.42 Å². The van der Waals surface area contributed by atoms with Gasteiger partial charge in [-0.25, -0.2) is 0 Å². The second kappa shape index (κ2) is 7.18. The molecule has 7 heteroatoms. The Hall–Kier alpha value is -0.210. The molecule has 0 bridgehead atoms. The second-order valence-electron chi connectivity index (χ2n) is 4.32. The number of hydrogen-bond donors (Lipinski definition) is 4. The molecule has 4 N–H and O–H groups in total. The predicted octanol–water partition coefficient (Wildman–Crippen LogP) is -0.768. The van der Waals surface area contributed by atoms with Crippen LogP contribution in [0.25, 0.3) is 0 Å². The molecule has 2 unspecified atom stereocenters. The first-order valence-corrected chi connectivity index (χ1v) is 6.83. The molecule has 0 saturated heterocycles. The van der Waals surface area contributed by atoms with Gasteiger partial charge in [0.1, 0.15) is 5.75 Å². The smallest absolute Gasteiger partial charge is 0.267 e. The molecule has 16 heavy (non-hydrogen) atoms. The summed E-state index contributed by atoms with van der Waals surface area (Å²) in [6.07, 6.45) is -0.439. The van der Waals surface area contributed by atoms with E-state index in [9.17, 15) is 13.5 Å². The summed E-state index contributed by atoms with van der Waals surface area (Å²) in [6, 6.07) is -0.170. The molecule has 0 aromatic rings. The molecule has 98 valence electrons. The Bertz CT molecular complexity index is 278. The van der Waals surface area contributed by atoms with Gasteiger partial charge in [-0.05, 0) is 12.3 Å². The van der Waals surface area contributed by atoms with Crippen LogP contribution in [-0.4, -0.2) is 54.2 Å². The van der Waals surface area contributed by atoms with E-state index < -0.39 is 22.0 Å². The molecule has 0 aliphatic carbocycles.